The van der Waals surface area contributed by atoms with Gasteiger partial charge in [-0.1, -0.05) is 18.2 Å². The lowest BCUT2D eigenvalue weighted by Gasteiger charge is -2.08. The van der Waals surface area contributed by atoms with Gasteiger partial charge in [-0.05, 0) is 18.2 Å². The van der Waals surface area contributed by atoms with Gasteiger partial charge in [0.2, 0.25) is 5.90 Å². The van der Waals surface area contributed by atoms with E-state index in [1.54, 1.807) is 6.20 Å². The van der Waals surface area contributed by atoms with Gasteiger partial charge in [0.05, 0.1) is 0 Å². The second-order valence-corrected chi connectivity index (χ2v) is 2.50. The fourth-order valence-electron chi connectivity index (χ4n) is 1.07. The van der Waals surface area contributed by atoms with Crippen LogP contribution in [0.2, 0.25) is 0 Å². The van der Waals surface area contributed by atoms with E-state index in [9.17, 15) is 0 Å². The van der Waals surface area contributed by atoms with Crippen molar-refractivity contribution in [2.24, 2.45) is 4.99 Å². The summed E-state index contributed by atoms with van der Waals surface area (Å²) in [7, 11) is 0. The molecule has 0 bridgehead atoms. The first-order chi connectivity index (χ1) is 5.97. The third kappa shape index (κ3) is 1.37. The normalized spacial score (nSPS) is 15.2. The average Bonchev–Trinajstić information content (AvgIpc) is 2.21. The summed E-state index contributed by atoms with van der Waals surface area (Å²) in [5.74, 6) is 0.707. The van der Waals surface area contributed by atoms with Crippen LogP contribution in [0.1, 0.15) is 5.56 Å². The van der Waals surface area contributed by atoms with Crippen molar-refractivity contribution >= 4 is 5.90 Å². The van der Waals surface area contributed by atoms with Crippen molar-refractivity contribution in [2.75, 3.05) is 6.61 Å². The van der Waals surface area contributed by atoms with Gasteiger partial charge in [-0.25, -0.2) is 4.99 Å². The minimum absolute atomic E-state index is 0.619. The first kappa shape index (κ1) is 7.10. The molecule has 1 aromatic rings. The lowest BCUT2D eigenvalue weighted by Crippen LogP contribution is -2.08. The van der Waals surface area contributed by atoms with Gasteiger partial charge in [-0.15, -0.1) is 0 Å². The van der Waals surface area contributed by atoms with Crippen LogP contribution < -0.4 is 0 Å². The largest absolute Gasteiger partial charge is 0.473 e. The first-order valence-electron chi connectivity index (χ1n) is 3.88. The fraction of sp³-hybridized carbons (Fsp3) is 0.100. The molecule has 0 aromatic heterocycles. The molecule has 0 aliphatic carbocycles. The molecule has 0 fully saturated rings. The summed E-state index contributed by atoms with van der Waals surface area (Å²) < 4.78 is 5.33. The van der Waals surface area contributed by atoms with E-state index in [-0.39, 0.29) is 0 Å². The summed E-state index contributed by atoms with van der Waals surface area (Å²) in [6, 6.07) is 9.89. The Hall–Kier alpha value is -1.57. The van der Waals surface area contributed by atoms with Gasteiger partial charge in [0.1, 0.15) is 6.61 Å². The van der Waals surface area contributed by atoms with Gasteiger partial charge in [0, 0.05) is 11.8 Å². The Morgan fingerprint density at radius 1 is 1.17 bits per heavy atom. The number of benzene rings is 1. The lowest BCUT2D eigenvalue weighted by atomic mass is 10.2. The molecular weight excluding hydrogens is 150 g/mol. The van der Waals surface area contributed by atoms with E-state index in [4.69, 9.17) is 4.74 Å². The van der Waals surface area contributed by atoms with Gasteiger partial charge in [-0.3, -0.25) is 0 Å². The van der Waals surface area contributed by atoms with Crippen LogP contribution in [0.4, 0.5) is 0 Å². The molecule has 1 heterocycles. The molecule has 0 N–H and O–H groups in total. The number of rotatable bonds is 1. The average molecular weight is 159 g/mol. The molecule has 2 heteroatoms. The van der Waals surface area contributed by atoms with Crippen LogP contribution in [0.25, 0.3) is 0 Å². The Labute approximate surface area is 71.2 Å². The monoisotopic (exact) mass is 159 g/mol. The summed E-state index contributed by atoms with van der Waals surface area (Å²) in [5.41, 5.74) is 1.03. The third-order valence-electron chi connectivity index (χ3n) is 1.63. The van der Waals surface area contributed by atoms with Crippen molar-refractivity contribution in [3.8, 4) is 0 Å². The maximum absolute atomic E-state index is 5.33. The molecule has 1 aliphatic rings. The molecule has 0 radical (unpaired) electrons. The summed E-state index contributed by atoms with van der Waals surface area (Å²) in [5, 5.41) is 0. The van der Waals surface area contributed by atoms with Crippen LogP contribution in [0.15, 0.2) is 47.6 Å². The number of hydrogen-bond donors (Lipinski definition) is 0. The molecule has 0 amide bonds. The van der Waals surface area contributed by atoms with E-state index in [0.29, 0.717) is 12.5 Å². The van der Waals surface area contributed by atoms with E-state index < -0.39 is 0 Å². The number of hydrogen-bond acceptors (Lipinski definition) is 2. The highest BCUT2D eigenvalue weighted by atomic mass is 16.5. The van der Waals surface area contributed by atoms with E-state index in [2.05, 4.69) is 4.99 Å². The maximum Gasteiger partial charge on any atom is 0.220 e. The third-order valence-corrected chi connectivity index (χ3v) is 1.63. The Kier molecular flexibility index (Phi) is 1.90. The molecule has 60 valence electrons. The van der Waals surface area contributed by atoms with Crippen molar-refractivity contribution in [3.05, 3.63) is 48.2 Å². The summed E-state index contributed by atoms with van der Waals surface area (Å²) in [6.07, 6.45) is 3.65. The fourth-order valence-corrected chi connectivity index (χ4v) is 1.07. The summed E-state index contributed by atoms with van der Waals surface area (Å²) in [6.45, 7) is 0.619. The van der Waals surface area contributed by atoms with Crippen molar-refractivity contribution in [3.63, 3.8) is 0 Å². The molecule has 12 heavy (non-hydrogen) atoms. The molecule has 0 saturated heterocycles. The quantitative estimate of drug-likeness (QED) is 0.614. The van der Waals surface area contributed by atoms with Gasteiger partial charge >= 0.3 is 0 Å². The van der Waals surface area contributed by atoms with Crippen molar-refractivity contribution < 1.29 is 4.74 Å². The van der Waals surface area contributed by atoms with Gasteiger partial charge in [-0.2, -0.15) is 0 Å². The minimum atomic E-state index is 0.619. The summed E-state index contributed by atoms with van der Waals surface area (Å²) in [4.78, 5) is 4.11. The standard InChI is InChI=1S/C10H9NO/c1-2-5-9(6-3-1)10-11-7-4-8-12-10/h1-7H,8H2. The zero-order chi connectivity index (χ0) is 8.23. The predicted molar refractivity (Wildman–Crippen MR) is 48.1 cm³/mol. The Morgan fingerprint density at radius 2 is 2.00 bits per heavy atom. The summed E-state index contributed by atoms with van der Waals surface area (Å²) >= 11 is 0. The second kappa shape index (κ2) is 3.22. The molecule has 2 rings (SSSR count). The molecule has 2 nitrogen and oxygen atoms in total. The molecule has 0 atom stereocenters. The smallest absolute Gasteiger partial charge is 0.220 e. The van der Waals surface area contributed by atoms with Crippen LogP contribution in [0, 0.1) is 0 Å². The van der Waals surface area contributed by atoms with Crippen LogP contribution in [-0.4, -0.2) is 12.5 Å². The highest BCUT2D eigenvalue weighted by molar-refractivity contribution is 5.94. The van der Waals surface area contributed by atoms with Gasteiger partial charge < -0.3 is 4.74 Å². The predicted octanol–water partition coefficient (Wildman–Crippen LogP) is 1.98. The molecular formula is C10H9NO. The SMILES string of the molecule is C1=CN=C(c2ccccc2)OC1. The van der Waals surface area contributed by atoms with E-state index in [0.717, 1.165) is 5.56 Å². The van der Waals surface area contributed by atoms with Gasteiger partial charge in [0.25, 0.3) is 0 Å². The van der Waals surface area contributed by atoms with E-state index in [1.807, 2.05) is 36.4 Å². The van der Waals surface area contributed by atoms with Crippen LogP contribution in [-0.2, 0) is 4.74 Å². The molecule has 0 unspecified atom stereocenters. The molecule has 1 aliphatic heterocycles. The van der Waals surface area contributed by atoms with Crippen molar-refractivity contribution in [1.82, 2.24) is 0 Å². The topological polar surface area (TPSA) is 21.6 Å². The Balaban J connectivity index is 2.31. The number of ether oxygens (including phenoxy) is 1. The zero-order valence-corrected chi connectivity index (χ0v) is 6.60. The highest BCUT2D eigenvalue weighted by Crippen LogP contribution is 2.05. The van der Waals surface area contributed by atoms with Crippen LogP contribution in [0.5, 0.6) is 0 Å². The lowest BCUT2D eigenvalue weighted by molar-refractivity contribution is 0.346. The van der Waals surface area contributed by atoms with Crippen molar-refractivity contribution in [1.29, 1.82) is 0 Å². The van der Waals surface area contributed by atoms with Crippen LogP contribution in [0.3, 0.4) is 0 Å². The Bertz CT molecular complexity index is 314. The molecule has 1 aromatic carbocycles. The van der Waals surface area contributed by atoms with Crippen LogP contribution >= 0.6 is 0 Å². The van der Waals surface area contributed by atoms with E-state index >= 15 is 0 Å². The first-order valence-corrected chi connectivity index (χ1v) is 3.88. The number of nitrogens with zero attached hydrogens (tertiary/aromatic N) is 1. The Morgan fingerprint density at radius 3 is 2.67 bits per heavy atom. The number of aliphatic imine (C=N–C) groups is 1. The second-order valence-electron chi connectivity index (χ2n) is 2.50. The maximum atomic E-state index is 5.33. The molecule has 0 spiro atoms. The minimum Gasteiger partial charge on any atom is -0.473 e. The van der Waals surface area contributed by atoms with E-state index in [1.165, 1.54) is 0 Å². The van der Waals surface area contributed by atoms with Crippen molar-refractivity contribution in [2.45, 2.75) is 0 Å². The zero-order valence-electron chi connectivity index (χ0n) is 6.60. The highest BCUT2D eigenvalue weighted by Gasteiger charge is 2.03. The van der Waals surface area contributed by atoms with Gasteiger partial charge in [0.15, 0.2) is 0 Å². The molecule has 0 saturated carbocycles.